The zero-order valence-corrected chi connectivity index (χ0v) is 15.7. The molecule has 0 spiro atoms. The molecule has 2 aromatic rings. The summed E-state index contributed by atoms with van der Waals surface area (Å²) in [6.45, 7) is 1.94. The highest BCUT2D eigenvalue weighted by molar-refractivity contribution is 5.93. The fourth-order valence-corrected chi connectivity index (χ4v) is 2.80. The normalized spacial score (nSPS) is 18.2. The van der Waals surface area contributed by atoms with Crippen molar-refractivity contribution in [2.45, 2.75) is 25.4 Å². The van der Waals surface area contributed by atoms with E-state index in [1.807, 2.05) is 31.2 Å². The van der Waals surface area contributed by atoms with Gasteiger partial charge >= 0.3 is 0 Å². The minimum atomic E-state index is -0.162. The van der Waals surface area contributed by atoms with Crippen molar-refractivity contribution < 1.29 is 14.3 Å². The lowest BCUT2D eigenvalue weighted by atomic mass is 10.1. The average Bonchev–Trinajstić information content (AvgIpc) is 3.34. The minimum absolute atomic E-state index is 0.0752. The largest absolute Gasteiger partial charge is 0.493 e. The standard InChI is InChI=1S/C20H24N4O3/c1-12-9-14(10-17(26-2)19(12)27-3)23-20-13(5-4-8-22-20)6-7-18(25)24-16-11-15(16)21/h4-10,15-16H,11,21H2,1-3H3,(H,22,23)(H,24,25)/b7-6+. The zero-order chi connectivity index (χ0) is 19.4. The van der Waals surface area contributed by atoms with Gasteiger partial charge in [0.15, 0.2) is 11.5 Å². The molecule has 7 nitrogen and oxygen atoms in total. The van der Waals surface area contributed by atoms with Gasteiger partial charge in [-0.15, -0.1) is 0 Å². The Morgan fingerprint density at radius 1 is 1.33 bits per heavy atom. The van der Waals surface area contributed by atoms with Crippen LogP contribution < -0.4 is 25.8 Å². The quantitative estimate of drug-likeness (QED) is 0.649. The Hall–Kier alpha value is -3.06. The van der Waals surface area contributed by atoms with Crippen LogP contribution in [0.4, 0.5) is 11.5 Å². The molecule has 1 aromatic heterocycles. The number of nitrogens with two attached hydrogens (primary N) is 1. The van der Waals surface area contributed by atoms with Gasteiger partial charge in [0.05, 0.1) is 14.2 Å². The number of carbonyl (C=O) groups excluding carboxylic acids is 1. The maximum Gasteiger partial charge on any atom is 0.244 e. The molecule has 1 aliphatic carbocycles. The number of hydrogen-bond donors (Lipinski definition) is 3. The van der Waals surface area contributed by atoms with Crippen molar-refractivity contribution in [2.24, 2.45) is 5.73 Å². The van der Waals surface area contributed by atoms with Crippen molar-refractivity contribution in [3.8, 4) is 11.5 Å². The number of anilines is 2. The summed E-state index contributed by atoms with van der Waals surface area (Å²) < 4.78 is 10.8. The molecule has 27 heavy (non-hydrogen) atoms. The molecule has 0 saturated heterocycles. The van der Waals surface area contributed by atoms with Crippen LogP contribution in [0.5, 0.6) is 11.5 Å². The van der Waals surface area contributed by atoms with E-state index in [9.17, 15) is 4.79 Å². The Kier molecular flexibility index (Phi) is 5.61. The van der Waals surface area contributed by atoms with Crippen molar-refractivity contribution in [1.82, 2.24) is 10.3 Å². The summed E-state index contributed by atoms with van der Waals surface area (Å²) in [5.74, 6) is 1.80. The highest BCUT2D eigenvalue weighted by atomic mass is 16.5. The zero-order valence-electron chi connectivity index (χ0n) is 15.7. The van der Waals surface area contributed by atoms with Gasteiger partial charge in [0, 0.05) is 41.7 Å². The molecular formula is C20H24N4O3. The Labute approximate surface area is 158 Å². The first-order valence-corrected chi connectivity index (χ1v) is 8.70. The monoisotopic (exact) mass is 368 g/mol. The summed E-state index contributed by atoms with van der Waals surface area (Å²) >= 11 is 0. The van der Waals surface area contributed by atoms with E-state index in [0.29, 0.717) is 17.3 Å². The number of carbonyl (C=O) groups is 1. The molecule has 1 amide bonds. The smallest absolute Gasteiger partial charge is 0.244 e. The number of pyridine rings is 1. The summed E-state index contributed by atoms with van der Waals surface area (Å²) in [7, 11) is 3.21. The number of aryl methyl sites for hydroxylation is 1. The molecule has 2 atom stereocenters. The van der Waals surface area contributed by atoms with Gasteiger partial charge in [-0.2, -0.15) is 0 Å². The van der Waals surface area contributed by atoms with Gasteiger partial charge in [-0.3, -0.25) is 4.79 Å². The van der Waals surface area contributed by atoms with E-state index in [2.05, 4.69) is 15.6 Å². The van der Waals surface area contributed by atoms with E-state index >= 15 is 0 Å². The molecule has 0 radical (unpaired) electrons. The third-order valence-corrected chi connectivity index (χ3v) is 4.35. The van der Waals surface area contributed by atoms with Crippen LogP contribution >= 0.6 is 0 Å². The van der Waals surface area contributed by atoms with Crippen LogP contribution in [0, 0.1) is 6.92 Å². The van der Waals surface area contributed by atoms with Crippen molar-refractivity contribution in [3.05, 3.63) is 47.7 Å². The Morgan fingerprint density at radius 3 is 2.78 bits per heavy atom. The Morgan fingerprint density at radius 2 is 2.11 bits per heavy atom. The fourth-order valence-electron chi connectivity index (χ4n) is 2.80. The molecule has 3 rings (SSSR count). The molecule has 1 aliphatic rings. The molecule has 7 heteroatoms. The van der Waals surface area contributed by atoms with Crippen LogP contribution in [0.25, 0.3) is 6.08 Å². The van der Waals surface area contributed by atoms with Crippen LogP contribution in [0.15, 0.2) is 36.5 Å². The topological polar surface area (TPSA) is 98.5 Å². The molecule has 1 aromatic carbocycles. The lowest BCUT2D eigenvalue weighted by Crippen LogP contribution is -2.27. The maximum atomic E-state index is 12.0. The summed E-state index contributed by atoms with van der Waals surface area (Å²) in [5.41, 5.74) is 8.25. The first kappa shape index (κ1) is 18.7. The van der Waals surface area contributed by atoms with Crippen LogP contribution in [0.1, 0.15) is 17.5 Å². The van der Waals surface area contributed by atoms with Crippen LogP contribution in [0.3, 0.4) is 0 Å². The van der Waals surface area contributed by atoms with E-state index in [0.717, 1.165) is 23.2 Å². The van der Waals surface area contributed by atoms with E-state index in [1.165, 1.54) is 6.08 Å². The second kappa shape index (κ2) is 8.09. The van der Waals surface area contributed by atoms with Crippen molar-refractivity contribution in [1.29, 1.82) is 0 Å². The molecule has 0 bridgehead atoms. The molecule has 1 saturated carbocycles. The number of aromatic nitrogens is 1. The molecule has 0 aliphatic heterocycles. The number of hydrogen-bond acceptors (Lipinski definition) is 6. The number of benzene rings is 1. The first-order valence-electron chi connectivity index (χ1n) is 8.70. The van der Waals surface area contributed by atoms with Gasteiger partial charge < -0.3 is 25.8 Å². The number of ether oxygens (including phenoxy) is 2. The van der Waals surface area contributed by atoms with Crippen LogP contribution in [-0.4, -0.2) is 37.2 Å². The predicted molar refractivity (Wildman–Crippen MR) is 105 cm³/mol. The van der Waals surface area contributed by atoms with E-state index < -0.39 is 0 Å². The predicted octanol–water partition coefficient (Wildman–Crippen LogP) is 2.38. The summed E-state index contributed by atoms with van der Waals surface area (Å²) in [6.07, 6.45) is 5.74. The number of nitrogens with one attached hydrogen (secondary N) is 2. The molecule has 1 heterocycles. The van der Waals surface area contributed by atoms with Crippen LogP contribution in [0.2, 0.25) is 0 Å². The number of rotatable bonds is 7. The molecule has 2 unspecified atom stereocenters. The van der Waals surface area contributed by atoms with Crippen LogP contribution in [-0.2, 0) is 4.79 Å². The minimum Gasteiger partial charge on any atom is -0.493 e. The van der Waals surface area contributed by atoms with E-state index in [-0.39, 0.29) is 18.0 Å². The van der Waals surface area contributed by atoms with Gasteiger partial charge in [-0.1, -0.05) is 0 Å². The molecular weight excluding hydrogens is 344 g/mol. The van der Waals surface area contributed by atoms with Crippen molar-refractivity contribution in [2.75, 3.05) is 19.5 Å². The fraction of sp³-hybridized carbons (Fsp3) is 0.300. The molecule has 1 fully saturated rings. The number of methoxy groups -OCH3 is 2. The second-order valence-electron chi connectivity index (χ2n) is 6.44. The van der Waals surface area contributed by atoms with Gasteiger partial charge in [0.1, 0.15) is 5.82 Å². The number of amides is 1. The molecule has 4 N–H and O–H groups in total. The average molecular weight is 368 g/mol. The van der Waals surface area contributed by atoms with Crippen molar-refractivity contribution >= 4 is 23.5 Å². The van der Waals surface area contributed by atoms with Gasteiger partial charge in [-0.05, 0) is 43.2 Å². The first-order chi connectivity index (χ1) is 13.0. The van der Waals surface area contributed by atoms with E-state index in [4.69, 9.17) is 15.2 Å². The third kappa shape index (κ3) is 4.57. The lowest BCUT2D eigenvalue weighted by Gasteiger charge is -2.14. The SMILES string of the molecule is COc1cc(Nc2ncccc2/C=C/C(=O)NC2CC2N)cc(C)c1OC. The highest BCUT2D eigenvalue weighted by Gasteiger charge is 2.34. The second-order valence-corrected chi connectivity index (χ2v) is 6.44. The summed E-state index contributed by atoms with van der Waals surface area (Å²) in [4.78, 5) is 16.3. The van der Waals surface area contributed by atoms with Gasteiger partial charge in [0.25, 0.3) is 0 Å². The number of nitrogens with zero attached hydrogens (tertiary/aromatic N) is 1. The molecule has 142 valence electrons. The highest BCUT2D eigenvalue weighted by Crippen LogP contribution is 2.35. The summed E-state index contributed by atoms with van der Waals surface area (Å²) in [5, 5.41) is 6.13. The van der Waals surface area contributed by atoms with E-state index in [1.54, 1.807) is 26.5 Å². The Bertz CT molecular complexity index is 866. The maximum absolute atomic E-state index is 12.0. The third-order valence-electron chi connectivity index (χ3n) is 4.35. The summed E-state index contributed by atoms with van der Waals surface area (Å²) in [6, 6.07) is 7.66. The van der Waals surface area contributed by atoms with Crippen molar-refractivity contribution in [3.63, 3.8) is 0 Å². The van der Waals surface area contributed by atoms with Gasteiger partial charge in [0.2, 0.25) is 5.91 Å². The lowest BCUT2D eigenvalue weighted by molar-refractivity contribution is -0.116. The van der Waals surface area contributed by atoms with Gasteiger partial charge in [-0.25, -0.2) is 4.98 Å². The Balaban J connectivity index is 1.78.